The second-order valence-electron chi connectivity index (χ2n) is 3.86. The van der Waals surface area contributed by atoms with E-state index < -0.39 is 0 Å². The third-order valence-corrected chi connectivity index (χ3v) is 2.79. The van der Waals surface area contributed by atoms with E-state index in [9.17, 15) is 0 Å². The Morgan fingerprint density at radius 1 is 1.12 bits per heavy atom. The highest BCUT2D eigenvalue weighted by molar-refractivity contribution is 5.66. The fourth-order valence-electron chi connectivity index (χ4n) is 1.92. The summed E-state index contributed by atoms with van der Waals surface area (Å²) in [5.41, 5.74) is 2.50. The largest absolute Gasteiger partial charge is 0.453 e. The highest BCUT2D eigenvalue weighted by Gasteiger charge is 2.16. The molecule has 0 saturated heterocycles. The van der Waals surface area contributed by atoms with Crippen molar-refractivity contribution < 1.29 is 4.74 Å². The molecule has 0 saturated carbocycles. The smallest absolute Gasteiger partial charge is 0.168 e. The van der Waals surface area contributed by atoms with Crippen molar-refractivity contribution in [3.63, 3.8) is 0 Å². The lowest BCUT2D eigenvalue weighted by molar-refractivity contribution is 0.482. The van der Waals surface area contributed by atoms with Gasteiger partial charge in [-0.25, -0.2) is 0 Å². The highest BCUT2D eigenvalue weighted by atomic mass is 16.5. The molecule has 2 aromatic carbocycles. The summed E-state index contributed by atoms with van der Waals surface area (Å²) in [6.07, 6.45) is 0. The number of fused-ring (bicyclic) bond motifs is 2. The normalized spacial score (nSPS) is 12.2. The summed E-state index contributed by atoms with van der Waals surface area (Å²) in [6, 6.07) is 15.5. The van der Waals surface area contributed by atoms with Gasteiger partial charge < -0.3 is 10.1 Å². The molecule has 1 N–H and O–H groups in total. The Balaban J connectivity index is 2.16. The molecule has 0 fully saturated rings. The summed E-state index contributed by atoms with van der Waals surface area (Å²) >= 11 is 0. The molecule has 0 radical (unpaired) electrons. The number of rotatable bonds is 0. The first-order valence-electron chi connectivity index (χ1n) is 5.41. The Kier molecular flexibility index (Phi) is 2.20. The number of benzene rings is 2. The maximum atomic E-state index is 9.08. The van der Waals surface area contributed by atoms with Crippen molar-refractivity contribution in [2.24, 2.45) is 0 Å². The van der Waals surface area contributed by atoms with Gasteiger partial charge in [0.2, 0.25) is 0 Å². The number of hydrogen-bond donors (Lipinski definition) is 1. The van der Waals surface area contributed by atoms with Crippen LogP contribution in [0.2, 0.25) is 0 Å². The lowest BCUT2D eigenvalue weighted by atomic mass is 10.2. The molecule has 3 rings (SSSR count). The van der Waals surface area contributed by atoms with Crippen molar-refractivity contribution in [3.05, 3.63) is 53.6 Å². The van der Waals surface area contributed by atoms with Crippen LogP contribution in [0.3, 0.4) is 0 Å². The second-order valence-corrected chi connectivity index (χ2v) is 3.86. The van der Waals surface area contributed by atoms with Crippen molar-refractivity contribution in [1.29, 1.82) is 5.26 Å². The first-order chi connectivity index (χ1) is 8.38. The molecule has 0 aliphatic carbocycles. The fraction of sp³-hybridized carbons (Fsp3) is 0.0714. The van der Waals surface area contributed by atoms with Gasteiger partial charge in [0.15, 0.2) is 5.75 Å². The van der Waals surface area contributed by atoms with E-state index in [0.717, 1.165) is 17.0 Å². The summed E-state index contributed by atoms with van der Waals surface area (Å²) in [5.74, 6) is 1.42. The Labute approximate surface area is 99.3 Å². The molecule has 82 valence electrons. The number of anilines is 1. The van der Waals surface area contributed by atoms with Gasteiger partial charge >= 0.3 is 0 Å². The van der Waals surface area contributed by atoms with Gasteiger partial charge in [0, 0.05) is 12.1 Å². The van der Waals surface area contributed by atoms with Crippen LogP contribution in [0.4, 0.5) is 5.69 Å². The molecule has 2 aromatic rings. The number of nitriles is 1. The minimum Gasteiger partial charge on any atom is -0.453 e. The Hall–Kier alpha value is -2.47. The molecule has 1 heterocycles. The SMILES string of the molecule is N#Cc1cccc2c1Oc1ccccc1CN2. The highest BCUT2D eigenvalue weighted by Crippen LogP contribution is 2.37. The zero-order valence-corrected chi connectivity index (χ0v) is 9.10. The Morgan fingerprint density at radius 2 is 2.00 bits per heavy atom. The number of hydrogen-bond acceptors (Lipinski definition) is 3. The van der Waals surface area contributed by atoms with Gasteiger partial charge in [-0.2, -0.15) is 5.26 Å². The van der Waals surface area contributed by atoms with Gasteiger partial charge in [-0.3, -0.25) is 0 Å². The average molecular weight is 222 g/mol. The van der Waals surface area contributed by atoms with Gasteiger partial charge in [0.25, 0.3) is 0 Å². The summed E-state index contributed by atoms with van der Waals surface area (Å²) < 4.78 is 5.84. The Bertz CT molecular complexity index is 614. The van der Waals surface area contributed by atoms with E-state index in [2.05, 4.69) is 11.4 Å². The Morgan fingerprint density at radius 3 is 2.88 bits per heavy atom. The van der Waals surface area contributed by atoms with Gasteiger partial charge in [0.1, 0.15) is 11.8 Å². The van der Waals surface area contributed by atoms with E-state index in [1.165, 1.54) is 0 Å². The number of ether oxygens (including phenoxy) is 1. The predicted molar refractivity (Wildman–Crippen MR) is 65.0 cm³/mol. The van der Waals surface area contributed by atoms with E-state index in [-0.39, 0.29) is 0 Å². The summed E-state index contributed by atoms with van der Waals surface area (Å²) in [6.45, 7) is 0.706. The van der Waals surface area contributed by atoms with Crippen molar-refractivity contribution >= 4 is 5.69 Å². The molecule has 3 nitrogen and oxygen atoms in total. The summed E-state index contributed by atoms with van der Waals surface area (Å²) in [4.78, 5) is 0. The summed E-state index contributed by atoms with van der Waals surface area (Å²) in [7, 11) is 0. The summed E-state index contributed by atoms with van der Waals surface area (Å²) in [5, 5.41) is 12.4. The average Bonchev–Trinajstić information content (AvgIpc) is 2.57. The van der Waals surface area contributed by atoms with Crippen LogP contribution in [-0.2, 0) is 6.54 Å². The topological polar surface area (TPSA) is 45.0 Å². The van der Waals surface area contributed by atoms with Crippen LogP contribution in [0.15, 0.2) is 42.5 Å². The lowest BCUT2D eigenvalue weighted by Crippen LogP contribution is -1.96. The van der Waals surface area contributed by atoms with E-state index in [0.29, 0.717) is 17.9 Å². The standard InChI is InChI=1S/C14H10N2O/c15-8-10-5-3-6-12-14(10)17-13-7-2-1-4-11(13)9-16-12/h1-7,16H,9H2. The van der Waals surface area contributed by atoms with Gasteiger partial charge in [-0.15, -0.1) is 0 Å². The van der Waals surface area contributed by atoms with E-state index in [1.54, 1.807) is 6.07 Å². The molecule has 0 unspecified atom stereocenters. The molecule has 3 heteroatoms. The minimum atomic E-state index is 0.548. The number of nitrogens with one attached hydrogen (secondary N) is 1. The first-order valence-corrected chi connectivity index (χ1v) is 5.41. The molecule has 17 heavy (non-hydrogen) atoms. The van der Waals surface area contributed by atoms with E-state index >= 15 is 0 Å². The maximum absolute atomic E-state index is 9.08. The van der Waals surface area contributed by atoms with Crippen LogP contribution in [0.5, 0.6) is 11.5 Å². The van der Waals surface area contributed by atoms with Gasteiger partial charge in [0.05, 0.1) is 11.3 Å². The molecule has 0 atom stereocenters. The lowest BCUT2D eigenvalue weighted by Gasteiger charge is -2.09. The van der Waals surface area contributed by atoms with Crippen molar-refractivity contribution in [3.8, 4) is 17.6 Å². The second kappa shape index (κ2) is 3.84. The fourth-order valence-corrected chi connectivity index (χ4v) is 1.92. The molecular formula is C14H10N2O. The van der Waals surface area contributed by atoms with Crippen molar-refractivity contribution in [2.75, 3.05) is 5.32 Å². The number of para-hydroxylation sites is 2. The van der Waals surface area contributed by atoms with Crippen LogP contribution >= 0.6 is 0 Å². The third-order valence-electron chi connectivity index (χ3n) is 2.79. The van der Waals surface area contributed by atoms with Crippen molar-refractivity contribution in [1.82, 2.24) is 0 Å². The first kappa shape index (κ1) is 9.73. The van der Waals surface area contributed by atoms with Crippen LogP contribution in [0.1, 0.15) is 11.1 Å². The van der Waals surface area contributed by atoms with E-state index in [4.69, 9.17) is 10.00 Å². The zero-order valence-electron chi connectivity index (χ0n) is 9.10. The van der Waals surface area contributed by atoms with E-state index in [1.807, 2.05) is 36.4 Å². The third kappa shape index (κ3) is 1.60. The maximum Gasteiger partial charge on any atom is 0.168 e. The molecule has 0 bridgehead atoms. The minimum absolute atomic E-state index is 0.548. The monoisotopic (exact) mass is 222 g/mol. The molecular weight excluding hydrogens is 212 g/mol. The van der Waals surface area contributed by atoms with Crippen LogP contribution in [0, 0.1) is 11.3 Å². The van der Waals surface area contributed by atoms with Crippen LogP contribution in [0.25, 0.3) is 0 Å². The molecule has 1 aliphatic rings. The van der Waals surface area contributed by atoms with Crippen LogP contribution in [-0.4, -0.2) is 0 Å². The molecule has 0 spiro atoms. The number of nitrogens with zero attached hydrogens (tertiary/aromatic N) is 1. The van der Waals surface area contributed by atoms with Crippen LogP contribution < -0.4 is 10.1 Å². The quantitative estimate of drug-likeness (QED) is 0.744. The van der Waals surface area contributed by atoms with Crippen molar-refractivity contribution in [2.45, 2.75) is 6.54 Å². The molecule has 0 amide bonds. The molecule has 1 aliphatic heterocycles. The molecule has 0 aromatic heterocycles. The van der Waals surface area contributed by atoms with Gasteiger partial charge in [-0.05, 0) is 18.2 Å². The van der Waals surface area contributed by atoms with Gasteiger partial charge in [-0.1, -0.05) is 24.3 Å². The zero-order chi connectivity index (χ0) is 11.7. The predicted octanol–water partition coefficient (Wildman–Crippen LogP) is 3.28.